The summed E-state index contributed by atoms with van der Waals surface area (Å²) in [4.78, 5) is 0. The van der Waals surface area contributed by atoms with Crippen molar-refractivity contribution in [2.24, 2.45) is 0 Å². The summed E-state index contributed by atoms with van der Waals surface area (Å²) in [5.41, 5.74) is -1.63. The van der Waals surface area contributed by atoms with Gasteiger partial charge in [-0.2, -0.15) is 0 Å². The molecule has 0 rings (SSSR count). The summed E-state index contributed by atoms with van der Waals surface area (Å²) in [5, 5.41) is 83.6. The second kappa shape index (κ2) is 24.5. The van der Waals surface area contributed by atoms with Crippen molar-refractivity contribution in [2.45, 2.75) is 244 Å². The second-order valence-electron chi connectivity index (χ2n) is 18.9. The Hall–Kier alpha value is -1.10. The Morgan fingerprint density at radius 3 is 1.04 bits per heavy atom. The number of hydrogen-bond donors (Lipinski definition) is 8. The van der Waals surface area contributed by atoms with Gasteiger partial charge in [-0.05, 0) is 204 Å². The summed E-state index contributed by atoms with van der Waals surface area (Å²) in [6, 6.07) is 0. The van der Waals surface area contributed by atoms with E-state index < -0.39 is 39.7 Å². The summed E-state index contributed by atoms with van der Waals surface area (Å²) in [6.07, 6.45) is 20.1. The molecule has 0 bridgehead atoms. The fourth-order valence-electron chi connectivity index (χ4n) is 7.13. The fraction of sp³-hybridized carbons (Fsp3) is 0.867. The van der Waals surface area contributed by atoms with Crippen molar-refractivity contribution in [1.82, 2.24) is 0 Å². The van der Waals surface area contributed by atoms with Gasteiger partial charge in [-0.15, -0.1) is 0 Å². The van der Waals surface area contributed by atoms with Crippen LogP contribution in [0.5, 0.6) is 0 Å². The molecule has 53 heavy (non-hydrogen) atoms. The minimum absolute atomic E-state index is 0.109. The molecule has 0 spiro atoms. The maximum Gasteiger partial charge on any atom is 0.0849 e. The van der Waals surface area contributed by atoms with Crippen LogP contribution in [0.2, 0.25) is 0 Å². The van der Waals surface area contributed by atoms with Gasteiger partial charge < -0.3 is 40.9 Å². The van der Waals surface area contributed by atoms with Crippen LogP contribution in [-0.2, 0) is 0 Å². The first-order valence-corrected chi connectivity index (χ1v) is 20.8. The lowest BCUT2D eigenvalue weighted by Gasteiger charge is -2.31. The quantitative estimate of drug-likeness (QED) is 0.0326. The predicted molar refractivity (Wildman–Crippen MR) is 221 cm³/mol. The normalized spacial score (nSPS) is 19.9. The molecule has 8 heteroatoms. The molecule has 0 radical (unpaired) electrons. The molecule has 0 aromatic carbocycles. The van der Waals surface area contributed by atoms with Crippen molar-refractivity contribution in [1.29, 1.82) is 0 Å². The molecule has 0 saturated carbocycles. The number of hydrogen-bond acceptors (Lipinski definition) is 8. The SMILES string of the molecule is C/C(=C\CO)CC/C=C(\C)CC/C=C(\C)CCC[C@@](C)(O)CCC[C@@](C)(O)CCC[C@](C)(O)CCC[C@](C)(O)CCC[C@@](C)(O)CC[C@H](O)C(C)(C)O. The molecule has 0 aromatic heterocycles. The maximum atomic E-state index is 11.0. The van der Waals surface area contributed by atoms with Gasteiger partial charge in [-0.1, -0.05) is 34.9 Å². The standard InChI is InChI=1S/C45H86O8/c1-36(19-12-21-38(3)24-35-46)18-11-20-37(2)22-13-25-41(6,49)26-14-27-42(7,50)28-15-29-43(8,51)30-16-31-44(9,52)32-17-33-45(10,53)34-23-39(47)40(4,5)48/h19-20,24,39,46-53H,11-18,21-23,25-35H2,1-10H3/b36-19+,37-20+,38-24+/t39-,41+,42+,43-,44-,45+/m0/s1. The van der Waals surface area contributed by atoms with E-state index in [9.17, 15) is 35.7 Å². The first kappa shape index (κ1) is 51.9. The van der Waals surface area contributed by atoms with Gasteiger partial charge in [-0.25, -0.2) is 0 Å². The van der Waals surface area contributed by atoms with Crippen LogP contribution in [0, 0.1) is 0 Å². The number of allylic oxidation sites excluding steroid dienone is 5. The Morgan fingerprint density at radius 2 is 0.717 bits per heavy atom. The average Bonchev–Trinajstić information content (AvgIpc) is 2.98. The van der Waals surface area contributed by atoms with Crippen LogP contribution < -0.4 is 0 Å². The lowest BCUT2D eigenvalue weighted by molar-refractivity contribution is -0.0649. The summed E-state index contributed by atoms with van der Waals surface area (Å²) >= 11 is 0. The molecule has 0 aliphatic heterocycles. The van der Waals surface area contributed by atoms with E-state index in [2.05, 4.69) is 32.9 Å². The lowest BCUT2D eigenvalue weighted by Crippen LogP contribution is -2.38. The molecule has 0 unspecified atom stereocenters. The van der Waals surface area contributed by atoms with Gasteiger partial charge in [0.15, 0.2) is 0 Å². The van der Waals surface area contributed by atoms with Crippen molar-refractivity contribution in [3.05, 3.63) is 34.9 Å². The Bertz CT molecular complexity index is 1070. The smallest absolute Gasteiger partial charge is 0.0849 e. The van der Waals surface area contributed by atoms with E-state index in [1.54, 1.807) is 27.7 Å². The van der Waals surface area contributed by atoms with Gasteiger partial charge in [0.2, 0.25) is 0 Å². The summed E-state index contributed by atoms with van der Waals surface area (Å²) in [5.74, 6) is 0. The minimum atomic E-state index is -1.21. The topological polar surface area (TPSA) is 162 Å². The second-order valence-corrected chi connectivity index (χ2v) is 18.9. The molecular formula is C45H86O8. The molecule has 6 atom stereocenters. The van der Waals surface area contributed by atoms with E-state index >= 15 is 0 Å². The van der Waals surface area contributed by atoms with Crippen molar-refractivity contribution < 1.29 is 40.9 Å². The van der Waals surface area contributed by atoms with Crippen LogP contribution in [-0.4, -0.2) is 87.2 Å². The van der Waals surface area contributed by atoms with E-state index in [1.807, 2.05) is 26.8 Å². The van der Waals surface area contributed by atoms with Crippen molar-refractivity contribution in [3.63, 3.8) is 0 Å². The first-order chi connectivity index (χ1) is 24.2. The lowest BCUT2D eigenvalue weighted by atomic mass is 9.83. The average molecular weight is 755 g/mol. The number of aliphatic hydroxyl groups is 8. The Balaban J connectivity index is 4.36. The van der Waals surface area contributed by atoms with Crippen LogP contribution in [0.4, 0.5) is 0 Å². The van der Waals surface area contributed by atoms with Crippen LogP contribution >= 0.6 is 0 Å². The third-order valence-electron chi connectivity index (χ3n) is 11.3. The van der Waals surface area contributed by atoms with E-state index in [4.69, 9.17) is 5.11 Å². The van der Waals surface area contributed by atoms with E-state index in [0.717, 1.165) is 51.4 Å². The predicted octanol–water partition coefficient (Wildman–Crippen LogP) is 8.90. The van der Waals surface area contributed by atoms with Gasteiger partial charge in [0.25, 0.3) is 0 Å². The Morgan fingerprint density at radius 1 is 0.434 bits per heavy atom. The molecule has 0 amide bonds. The molecule has 314 valence electrons. The zero-order valence-corrected chi connectivity index (χ0v) is 35.9. The van der Waals surface area contributed by atoms with Crippen molar-refractivity contribution >= 4 is 0 Å². The summed E-state index contributed by atoms with van der Waals surface area (Å²) in [7, 11) is 0. The van der Waals surface area contributed by atoms with Crippen LogP contribution in [0.1, 0.15) is 204 Å². The maximum absolute atomic E-state index is 11.0. The highest BCUT2D eigenvalue weighted by Crippen LogP contribution is 2.31. The van der Waals surface area contributed by atoms with E-state index in [-0.39, 0.29) is 6.61 Å². The molecule has 0 aliphatic rings. The molecule has 8 nitrogen and oxygen atoms in total. The highest BCUT2D eigenvalue weighted by Gasteiger charge is 2.31. The van der Waals surface area contributed by atoms with E-state index in [1.165, 1.54) is 16.7 Å². The molecule has 0 fully saturated rings. The van der Waals surface area contributed by atoms with Gasteiger partial charge in [-0.3, -0.25) is 0 Å². The summed E-state index contributed by atoms with van der Waals surface area (Å²) in [6.45, 7) is 18.7. The third-order valence-corrected chi connectivity index (χ3v) is 11.3. The molecule has 8 N–H and O–H groups in total. The summed E-state index contributed by atoms with van der Waals surface area (Å²) < 4.78 is 0. The van der Waals surface area contributed by atoms with Gasteiger partial charge in [0.1, 0.15) is 0 Å². The highest BCUT2D eigenvalue weighted by molar-refractivity contribution is 5.06. The van der Waals surface area contributed by atoms with Gasteiger partial charge >= 0.3 is 0 Å². The molecular weight excluding hydrogens is 668 g/mol. The zero-order valence-electron chi connectivity index (χ0n) is 35.9. The van der Waals surface area contributed by atoms with Gasteiger partial charge in [0, 0.05) is 0 Å². The molecule has 0 aromatic rings. The van der Waals surface area contributed by atoms with Crippen LogP contribution in [0.3, 0.4) is 0 Å². The van der Waals surface area contributed by atoms with Crippen LogP contribution in [0.25, 0.3) is 0 Å². The Labute approximate surface area is 325 Å². The highest BCUT2D eigenvalue weighted by atomic mass is 16.3. The first-order valence-electron chi connectivity index (χ1n) is 20.8. The van der Waals surface area contributed by atoms with Crippen molar-refractivity contribution in [2.75, 3.05) is 6.61 Å². The zero-order chi connectivity index (χ0) is 41.0. The largest absolute Gasteiger partial charge is 0.392 e. The van der Waals surface area contributed by atoms with Crippen LogP contribution in [0.15, 0.2) is 34.9 Å². The van der Waals surface area contributed by atoms with E-state index in [0.29, 0.717) is 83.5 Å². The third kappa shape index (κ3) is 28.9. The van der Waals surface area contributed by atoms with Gasteiger partial charge in [0.05, 0.1) is 46.3 Å². The number of rotatable bonds is 31. The van der Waals surface area contributed by atoms with Crippen molar-refractivity contribution in [3.8, 4) is 0 Å². The molecule has 0 heterocycles. The number of aliphatic hydroxyl groups excluding tert-OH is 2. The Kier molecular flexibility index (Phi) is 24.0. The minimum Gasteiger partial charge on any atom is -0.392 e. The molecule has 0 saturated heterocycles. The molecule has 0 aliphatic carbocycles. The fourth-order valence-corrected chi connectivity index (χ4v) is 7.13. The monoisotopic (exact) mass is 755 g/mol.